The molecule has 6 nitrogen and oxygen atoms in total. The maximum Gasteiger partial charge on any atom is 0.389 e. The first kappa shape index (κ1) is 22.9. The van der Waals surface area contributed by atoms with Crippen LogP contribution in [0.1, 0.15) is 13.3 Å². The quantitative estimate of drug-likeness (QED) is 0.270. The number of pyridine rings is 1. The molecule has 2 aromatic heterocycles. The molecule has 0 bridgehead atoms. The maximum atomic E-state index is 12.8. The lowest BCUT2D eigenvalue weighted by Gasteiger charge is -2.22. The van der Waals surface area contributed by atoms with Gasteiger partial charge in [-0.1, -0.05) is 24.4 Å². The molecule has 29 heavy (non-hydrogen) atoms. The summed E-state index contributed by atoms with van der Waals surface area (Å²) in [5, 5.41) is 15.6. The highest BCUT2D eigenvalue weighted by molar-refractivity contribution is 7.99. The van der Waals surface area contributed by atoms with Crippen molar-refractivity contribution in [2.45, 2.75) is 19.5 Å². The summed E-state index contributed by atoms with van der Waals surface area (Å²) in [4.78, 5) is 14.1. The van der Waals surface area contributed by atoms with Gasteiger partial charge in [-0.25, -0.2) is 4.68 Å². The second-order valence-corrected chi connectivity index (χ2v) is 7.65. The van der Waals surface area contributed by atoms with Crippen molar-refractivity contribution in [1.82, 2.24) is 9.78 Å². The van der Waals surface area contributed by atoms with Gasteiger partial charge < -0.3 is 5.21 Å². The van der Waals surface area contributed by atoms with E-state index in [-0.39, 0.29) is 34.8 Å². The Morgan fingerprint density at radius 2 is 2.28 bits per heavy atom. The van der Waals surface area contributed by atoms with Gasteiger partial charge in [0.25, 0.3) is 0 Å². The Hall–Kier alpha value is -2.38. The predicted molar refractivity (Wildman–Crippen MR) is 106 cm³/mol. The molecule has 0 aliphatic carbocycles. The molecule has 0 aliphatic heterocycles. The molecule has 0 fully saturated rings. The van der Waals surface area contributed by atoms with Crippen molar-refractivity contribution in [1.29, 1.82) is 0 Å². The van der Waals surface area contributed by atoms with Gasteiger partial charge in [0.05, 0.1) is 19.2 Å². The third kappa shape index (κ3) is 6.58. The van der Waals surface area contributed by atoms with Gasteiger partial charge in [0.2, 0.25) is 12.1 Å². The molecule has 1 atom stereocenters. The largest absolute Gasteiger partial charge is 0.619 e. The topological polar surface area (TPSA) is 65.1 Å². The highest BCUT2D eigenvalue weighted by Gasteiger charge is 2.28. The van der Waals surface area contributed by atoms with Gasteiger partial charge in [-0.05, 0) is 6.07 Å². The number of rotatable bonds is 8. The molecule has 11 heteroatoms. The summed E-state index contributed by atoms with van der Waals surface area (Å²) >= 11 is 7.23. The van der Waals surface area contributed by atoms with Crippen LogP contribution in [-0.4, -0.2) is 39.9 Å². The third-order valence-electron chi connectivity index (χ3n) is 3.80. The maximum absolute atomic E-state index is 12.8. The van der Waals surface area contributed by atoms with E-state index in [4.69, 9.17) is 18.0 Å². The number of thioether (sulfide) groups is 1. The van der Waals surface area contributed by atoms with Crippen LogP contribution < -0.4 is 9.63 Å². The van der Waals surface area contributed by atoms with Gasteiger partial charge in [-0.2, -0.15) is 34.8 Å². The predicted octanol–water partition coefficient (Wildman–Crippen LogP) is 3.45. The van der Waals surface area contributed by atoms with E-state index in [1.54, 1.807) is 13.0 Å². The molecule has 2 aromatic rings. The molecular weight excluding hydrogens is 429 g/mol. The summed E-state index contributed by atoms with van der Waals surface area (Å²) in [6, 6.07) is 3.16. The monoisotopic (exact) mass is 446 g/mol. The lowest BCUT2D eigenvalue weighted by molar-refractivity contribution is -0.605. The summed E-state index contributed by atoms with van der Waals surface area (Å²) in [5.74, 6) is 1.49. The van der Waals surface area contributed by atoms with Gasteiger partial charge >= 0.3 is 6.18 Å². The fourth-order valence-electron chi connectivity index (χ4n) is 2.39. The average Bonchev–Trinajstić information content (AvgIpc) is 3.03. The van der Waals surface area contributed by atoms with E-state index in [0.717, 1.165) is 11.8 Å². The molecule has 156 valence electrons. The number of nitrogens with zero attached hydrogens (tertiary/aromatic N) is 4. The van der Waals surface area contributed by atoms with E-state index >= 15 is 0 Å². The van der Waals surface area contributed by atoms with Gasteiger partial charge in [0.1, 0.15) is 11.4 Å². The van der Waals surface area contributed by atoms with Crippen LogP contribution in [0.5, 0.6) is 0 Å². The van der Waals surface area contributed by atoms with Gasteiger partial charge in [-0.3, -0.25) is 9.69 Å². The SMILES string of the molecule is C#CCN(C(=O)C(C)CSCCC(F)(F)F)c1cn(-c2ccc[n+]([O-])c2)nc1Cl. The third-order valence-corrected chi connectivity index (χ3v) is 5.30. The van der Waals surface area contributed by atoms with Crippen LogP contribution in [0.2, 0.25) is 5.15 Å². The normalized spacial score (nSPS) is 12.4. The Morgan fingerprint density at radius 3 is 2.90 bits per heavy atom. The molecule has 0 aromatic carbocycles. The Morgan fingerprint density at radius 1 is 1.55 bits per heavy atom. The highest BCUT2D eigenvalue weighted by Crippen LogP contribution is 2.28. The van der Waals surface area contributed by atoms with Crippen molar-refractivity contribution in [2.24, 2.45) is 5.92 Å². The fraction of sp³-hybridized carbons (Fsp3) is 0.389. The number of hydrogen-bond donors (Lipinski definition) is 0. The van der Waals surface area contributed by atoms with Crippen molar-refractivity contribution >= 4 is 35.0 Å². The van der Waals surface area contributed by atoms with Gasteiger partial charge in [0.15, 0.2) is 11.3 Å². The summed E-state index contributed by atoms with van der Waals surface area (Å²) < 4.78 is 38.7. The van der Waals surface area contributed by atoms with Crippen molar-refractivity contribution < 1.29 is 22.7 Å². The fourth-order valence-corrected chi connectivity index (χ4v) is 3.66. The number of halogens is 4. The van der Waals surface area contributed by atoms with Crippen molar-refractivity contribution in [3.05, 3.63) is 41.1 Å². The Balaban J connectivity index is 2.14. The molecule has 0 saturated carbocycles. The van der Waals surface area contributed by atoms with Crippen LogP contribution in [0.25, 0.3) is 5.69 Å². The van der Waals surface area contributed by atoms with E-state index < -0.39 is 18.5 Å². The number of alkyl halides is 3. The molecule has 0 saturated heterocycles. The molecule has 2 heterocycles. The molecule has 0 aliphatic rings. The van der Waals surface area contributed by atoms with Crippen molar-refractivity contribution in [2.75, 3.05) is 23.0 Å². The molecule has 0 radical (unpaired) electrons. The Bertz CT molecular complexity index is 898. The molecule has 1 amide bonds. The molecule has 1 unspecified atom stereocenters. The smallest absolute Gasteiger partial charge is 0.389 e. The lowest BCUT2D eigenvalue weighted by Crippen LogP contribution is -2.36. The first-order valence-corrected chi connectivity index (χ1v) is 9.99. The van der Waals surface area contributed by atoms with E-state index in [1.807, 2.05) is 0 Å². The summed E-state index contributed by atoms with van der Waals surface area (Å²) in [6.07, 6.45) is 4.29. The number of terminal acetylenes is 1. The zero-order valence-electron chi connectivity index (χ0n) is 15.4. The minimum Gasteiger partial charge on any atom is -0.619 e. The molecule has 2 rings (SSSR count). The molecule has 0 spiro atoms. The van der Waals surface area contributed by atoms with Gasteiger partial charge in [0, 0.05) is 23.5 Å². The van der Waals surface area contributed by atoms with Gasteiger partial charge in [-0.15, -0.1) is 6.42 Å². The number of aromatic nitrogens is 3. The number of anilines is 1. The second kappa shape index (κ2) is 9.89. The Labute approximate surface area is 175 Å². The van der Waals surface area contributed by atoms with Crippen LogP contribution in [0, 0.1) is 23.5 Å². The molecule has 0 N–H and O–H groups in total. The van der Waals surface area contributed by atoms with Crippen LogP contribution >= 0.6 is 23.4 Å². The highest BCUT2D eigenvalue weighted by atomic mass is 35.5. The van der Waals surface area contributed by atoms with E-state index in [0.29, 0.717) is 10.4 Å². The number of hydrogen-bond acceptors (Lipinski definition) is 4. The number of carbonyl (C=O) groups is 1. The zero-order chi connectivity index (χ0) is 21.6. The Kier molecular flexibility index (Phi) is 7.81. The summed E-state index contributed by atoms with van der Waals surface area (Å²) in [7, 11) is 0. The minimum absolute atomic E-state index is 0.00632. The number of carbonyl (C=O) groups excluding carboxylic acids is 1. The van der Waals surface area contributed by atoms with Crippen LogP contribution in [0.15, 0.2) is 30.7 Å². The van der Waals surface area contributed by atoms with Crippen LogP contribution in [0.3, 0.4) is 0 Å². The summed E-state index contributed by atoms with van der Waals surface area (Å²) in [5.41, 5.74) is 0.683. The van der Waals surface area contributed by atoms with Crippen LogP contribution in [-0.2, 0) is 4.79 Å². The number of amides is 1. The summed E-state index contributed by atoms with van der Waals surface area (Å²) in [6.45, 7) is 1.53. The van der Waals surface area contributed by atoms with Crippen molar-refractivity contribution in [3.8, 4) is 18.0 Å². The van der Waals surface area contributed by atoms with Crippen molar-refractivity contribution in [3.63, 3.8) is 0 Å². The van der Waals surface area contributed by atoms with E-state index in [1.165, 1.54) is 34.2 Å². The second-order valence-electron chi connectivity index (χ2n) is 6.14. The standard InChI is InChI=1S/C18H18ClF3N4O2S/c1-3-7-25(17(27)13(2)12-29-9-6-18(20,21)22)15-11-26(23-16(15)19)14-5-4-8-24(28)10-14/h1,4-5,8,10-11,13H,6-7,9,12H2,2H3. The molecular formula is C18H18ClF3N4O2S. The average molecular weight is 447 g/mol. The minimum atomic E-state index is -4.22. The first-order chi connectivity index (χ1) is 13.6. The van der Waals surface area contributed by atoms with E-state index in [2.05, 4.69) is 11.0 Å². The lowest BCUT2D eigenvalue weighted by atomic mass is 10.2. The van der Waals surface area contributed by atoms with E-state index in [9.17, 15) is 23.2 Å². The zero-order valence-corrected chi connectivity index (χ0v) is 17.0. The van der Waals surface area contributed by atoms with Crippen LogP contribution in [0.4, 0.5) is 18.9 Å². The first-order valence-electron chi connectivity index (χ1n) is 8.46.